The average Bonchev–Trinajstić information content (AvgIpc) is 3.17. The summed E-state index contributed by atoms with van der Waals surface area (Å²) in [4.78, 5) is 14.5. The van der Waals surface area contributed by atoms with Crippen LogP contribution >= 0.6 is 0 Å². The van der Waals surface area contributed by atoms with E-state index in [2.05, 4.69) is 10.9 Å². The predicted molar refractivity (Wildman–Crippen MR) is 101 cm³/mol. The van der Waals surface area contributed by atoms with Crippen LogP contribution in [0.2, 0.25) is 0 Å². The Morgan fingerprint density at radius 2 is 1.74 bits per heavy atom. The first-order chi connectivity index (χ1) is 12.8. The van der Waals surface area contributed by atoms with Gasteiger partial charge in [0.2, 0.25) is 5.91 Å². The number of nitrogens with one attached hydrogen (secondary N) is 2. The molecule has 2 N–H and O–H groups in total. The van der Waals surface area contributed by atoms with Gasteiger partial charge in [0.15, 0.2) is 0 Å². The Labute approximate surface area is 160 Å². The molecule has 10 heteroatoms. The zero-order valence-electron chi connectivity index (χ0n) is 15.9. The summed E-state index contributed by atoms with van der Waals surface area (Å²) in [6.07, 6.45) is 0.640. The number of hydrogen-bond acceptors (Lipinski definition) is 6. The van der Waals surface area contributed by atoms with Gasteiger partial charge in [-0.05, 0) is 24.1 Å². The average molecular weight is 398 g/mol. The molecule has 0 saturated carbocycles. The van der Waals surface area contributed by atoms with Crippen molar-refractivity contribution in [2.75, 3.05) is 47.4 Å². The van der Waals surface area contributed by atoms with E-state index in [4.69, 9.17) is 4.74 Å². The van der Waals surface area contributed by atoms with Crippen LogP contribution in [0.5, 0.6) is 5.75 Å². The number of hydrogen-bond donors (Lipinski definition) is 2. The van der Waals surface area contributed by atoms with Crippen molar-refractivity contribution in [3.63, 3.8) is 0 Å². The number of nitrogens with zero attached hydrogens (tertiary/aromatic N) is 3. The maximum absolute atomic E-state index is 12.8. The summed E-state index contributed by atoms with van der Waals surface area (Å²) in [7, 11) is 1.23. The third kappa shape index (κ3) is 4.25. The van der Waals surface area contributed by atoms with Gasteiger partial charge >= 0.3 is 0 Å². The summed E-state index contributed by atoms with van der Waals surface area (Å²) in [5, 5.41) is 0. The second-order valence-corrected chi connectivity index (χ2v) is 9.06. The molecule has 0 aliphatic carbocycles. The van der Waals surface area contributed by atoms with Crippen LogP contribution in [-0.2, 0) is 15.0 Å². The van der Waals surface area contributed by atoms with E-state index in [1.807, 2.05) is 24.3 Å². The zero-order chi connectivity index (χ0) is 19.6. The van der Waals surface area contributed by atoms with Crippen molar-refractivity contribution in [3.05, 3.63) is 29.8 Å². The standard InChI is InChI=1S/C17H27N5O4S/c1-20(2)27(24,25)22-10-8-21(9-11-22)17(23)16-12-15(18-19-16)13-4-6-14(26-3)7-5-13/h4-7,15-16,18-19H,8-12H2,1-3H3. The molecule has 2 aliphatic rings. The second-order valence-electron chi connectivity index (χ2n) is 6.92. The van der Waals surface area contributed by atoms with Crippen molar-refractivity contribution in [2.45, 2.75) is 18.5 Å². The topological polar surface area (TPSA) is 94.2 Å². The second kappa shape index (κ2) is 8.11. The third-order valence-electron chi connectivity index (χ3n) is 5.06. The summed E-state index contributed by atoms with van der Waals surface area (Å²) in [6.45, 7) is 1.43. The van der Waals surface area contributed by atoms with Crippen LogP contribution < -0.4 is 15.6 Å². The molecule has 2 atom stereocenters. The molecular weight excluding hydrogens is 370 g/mol. The lowest BCUT2D eigenvalue weighted by Gasteiger charge is -2.36. The van der Waals surface area contributed by atoms with Gasteiger partial charge in [0.05, 0.1) is 7.11 Å². The van der Waals surface area contributed by atoms with E-state index in [0.717, 1.165) is 11.3 Å². The molecule has 9 nitrogen and oxygen atoms in total. The Hall–Kier alpha value is -1.72. The van der Waals surface area contributed by atoms with Gasteiger partial charge in [-0.25, -0.2) is 10.9 Å². The molecular formula is C17H27N5O4S. The SMILES string of the molecule is COc1ccc(C2CC(C(=O)N3CCN(S(=O)(=O)N(C)C)CC3)NN2)cc1. The van der Waals surface area contributed by atoms with Gasteiger partial charge in [-0.15, -0.1) is 0 Å². The first kappa shape index (κ1) is 20.0. The van der Waals surface area contributed by atoms with E-state index >= 15 is 0 Å². The highest BCUT2D eigenvalue weighted by molar-refractivity contribution is 7.86. The van der Waals surface area contributed by atoms with E-state index in [1.54, 1.807) is 12.0 Å². The molecule has 27 heavy (non-hydrogen) atoms. The van der Waals surface area contributed by atoms with E-state index in [1.165, 1.54) is 22.7 Å². The van der Waals surface area contributed by atoms with Crippen molar-refractivity contribution in [1.82, 2.24) is 24.4 Å². The minimum atomic E-state index is -3.43. The van der Waals surface area contributed by atoms with Crippen LogP contribution in [-0.4, -0.2) is 81.3 Å². The fourth-order valence-electron chi connectivity index (χ4n) is 3.36. The van der Waals surface area contributed by atoms with Crippen molar-refractivity contribution in [2.24, 2.45) is 0 Å². The predicted octanol–water partition coefficient (Wildman–Crippen LogP) is -0.447. The summed E-state index contributed by atoms with van der Waals surface area (Å²) in [6, 6.07) is 7.48. The normalized spacial score (nSPS) is 24.4. The minimum absolute atomic E-state index is 0.000382. The highest BCUT2D eigenvalue weighted by Crippen LogP contribution is 2.25. The van der Waals surface area contributed by atoms with Gasteiger partial charge in [-0.3, -0.25) is 4.79 Å². The number of rotatable bonds is 5. The van der Waals surface area contributed by atoms with Crippen LogP contribution in [0, 0.1) is 0 Å². The molecule has 2 fully saturated rings. The molecule has 0 spiro atoms. The van der Waals surface area contributed by atoms with Crippen molar-refractivity contribution in [3.8, 4) is 5.75 Å². The summed E-state index contributed by atoms with van der Waals surface area (Å²) >= 11 is 0. The Morgan fingerprint density at radius 3 is 2.30 bits per heavy atom. The highest BCUT2D eigenvalue weighted by Gasteiger charge is 2.36. The van der Waals surface area contributed by atoms with E-state index in [0.29, 0.717) is 32.6 Å². The fourth-order valence-corrected chi connectivity index (χ4v) is 4.45. The van der Waals surface area contributed by atoms with Crippen molar-refractivity contribution in [1.29, 1.82) is 0 Å². The zero-order valence-corrected chi connectivity index (χ0v) is 16.7. The number of hydrazine groups is 1. The van der Waals surface area contributed by atoms with Gasteiger partial charge in [0.1, 0.15) is 11.8 Å². The molecule has 2 aliphatic heterocycles. The molecule has 2 heterocycles. The van der Waals surface area contributed by atoms with Crippen molar-refractivity contribution < 1.29 is 17.9 Å². The van der Waals surface area contributed by atoms with Gasteiger partial charge in [-0.1, -0.05) is 12.1 Å². The maximum atomic E-state index is 12.8. The summed E-state index contributed by atoms with van der Waals surface area (Å²) in [5.41, 5.74) is 7.34. The van der Waals surface area contributed by atoms with Gasteiger partial charge in [0.25, 0.3) is 10.2 Å². The number of methoxy groups -OCH3 is 1. The Balaban J connectivity index is 1.55. The maximum Gasteiger partial charge on any atom is 0.281 e. The molecule has 1 aromatic carbocycles. The third-order valence-corrected chi connectivity index (χ3v) is 7.00. The van der Waals surface area contributed by atoms with E-state index < -0.39 is 10.2 Å². The quantitative estimate of drug-likeness (QED) is 0.699. The van der Waals surface area contributed by atoms with Gasteiger partial charge in [-0.2, -0.15) is 17.0 Å². The van der Waals surface area contributed by atoms with Crippen LogP contribution in [0.25, 0.3) is 0 Å². The van der Waals surface area contributed by atoms with E-state index in [-0.39, 0.29) is 18.0 Å². The number of ether oxygens (including phenoxy) is 1. The van der Waals surface area contributed by atoms with Crippen LogP contribution in [0.4, 0.5) is 0 Å². The number of benzene rings is 1. The lowest BCUT2D eigenvalue weighted by Crippen LogP contribution is -2.56. The molecule has 1 amide bonds. The first-order valence-electron chi connectivity index (χ1n) is 8.94. The number of amides is 1. The molecule has 0 bridgehead atoms. The summed E-state index contributed by atoms with van der Waals surface area (Å²) in [5.74, 6) is 0.795. The smallest absolute Gasteiger partial charge is 0.281 e. The Morgan fingerprint density at radius 1 is 1.11 bits per heavy atom. The lowest BCUT2D eigenvalue weighted by atomic mass is 10.0. The number of piperazine rings is 1. The molecule has 0 aromatic heterocycles. The van der Waals surface area contributed by atoms with Crippen molar-refractivity contribution >= 4 is 16.1 Å². The Bertz CT molecular complexity index is 760. The fraction of sp³-hybridized carbons (Fsp3) is 0.588. The number of carbonyl (C=O) groups excluding carboxylic acids is 1. The minimum Gasteiger partial charge on any atom is -0.497 e. The highest BCUT2D eigenvalue weighted by atomic mass is 32.2. The molecule has 150 valence electrons. The van der Waals surface area contributed by atoms with Crippen LogP contribution in [0.3, 0.4) is 0 Å². The molecule has 1 aromatic rings. The van der Waals surface area contributed by atoms with Crippen LogP contribution in [0.15, 0.2) is 24.3 Å². The Kier molecular flexibility index (Phi) is 6.02. The molecule has 3 rings (SSSR count). The van der Waals surface area contributed by atoms with Gasteiger partial charge < -0.3 is 9.64 Å². The van der Waals surface area contributed by atoms with E-state index in [9.17, 15) is 13.2 Å². The van der Waals surface area contributed by atoms with Gasteiger partial charge in [0, 0.05) is 46.3 Å². The largest absolute Gasteiger partial charge is 0.497 e. The lowest BCUT2D eigenvalue weighted by molar-refractivity contribution is -0.134. The van der Waals surface area contributed by atoms with Crippen LogP contribution in [0.1, 0.15) is 18.0 Å². The summed E-state index contributed by atoms with van der Waals surface area (Å²) < 4.78 is 32.1. The first-order valence-corrected chi connectivity index (χ1v) is 10.3. The molecule has 2 unspecified atom stereocenters. The monoisotopic (exact) mass is 397 g/mol. The molecule has 2 saturated heterocycles. The number of carbonyl (C=O) groups is 1. The molecule has 0 radical (unpaired) electrons.